The summed E-state index contributed by atoms with van der Waals surface area (Å²) in [6.45, 7) is 9.44. The molecule has 94 valence electrons. The lowest BCUT2D eigenvalue weighted by atomic mass is 9.80. The minimum Gasteiger partial charge on any atom is -0.371 e. The van der Waals surface area contributed by atoms with Crippen molar-refractivity contribution in [2.24, 2.45) is 11.1 Å². The Labute approximate surface area is 104 Å². The van der Waals surface area contributed by atoms with Crippen LogP contribution in [0.2, 0.25) is 0 Å². The van der Waals surface area contributed by atoms with E-state index in [1.54, 1.807) is 0 Å². The van der Waals surface area contributed by atoms with Crippen molar-refractivity contribution in [2.45, 2.75) is 33.6 Å². The molecule has 0 atom stereocenters. The Balaban J connectivity index is 2.10. The SMILES string of the molecule is Cc1cc(N2CCC(C)(CN)CC2)cc(C)n1. The molecule has 3 heteroatoms. The fourth-order valence-electron chi connectivity index (χ4n) is 2.50. The number of anilines is 1. The normalized spacial score (nSPS) is 19.4. The second-order valence-electron chi connectivity index (χ2n) is 5.61. The third kappa shape index (κ3) is 2.78. The minimum atomic E-state index is 0.341. The molecular weight excluding hydrogens is 210 g/mol. The minimum absolute atomic E-state index is 0.341. The van der Waals surface area contributed by atoms with Gasteiger partial charge in [-0.25, -0.2) is 0 Å². The van der Waals surface area contributed by atoms with Crippen LogP contribution in [0.3, 0.4) is 0 Å². The number of hydrogen-bond donors (Lipinski definition) is 1. The van der Waals surface area contributed by atoms with E-state index in [9.17, 15) is 0 Å². The first kappa shape index (κ1) is 12.4. The molecule has 1 aromatic rings. The predicted molar refractivity (Wildman–Crippen MR) is 72.3 cm³/mol. The Bertz CT molecular complexity index is 372. The predicted octanol–water partition coefficient (Wildman–Crippen LogP) is 2.26. The van der Waals surface area contributed by atoms with Crippen LogP contribution in [-0.4, -0.2) is 24.6 Å². The molecule has 1 fully saturated rings. The maximum atomic E-state index is 5.84. The van der Waals surface area contributed by atoms with E-state index in [0.29, 0.717) is 5.41 Å². The number of pyridine rings is 1. The largest absolute Gasteiger partial charge is 0.371 e. The van der Waals surface area contributed by atoms with Crippen LogP contribution in [-0.2, 0) is 0 Å². The highest BCUT2D eigenvalue weighted by Crippen LogP contribution is 2.32. The van der Waals surface area contributed by atoms with Gasteiger partial charge in [-0.2, -0.15) is 0 Å². The molecule has 1 saturated heterocycles. The van der Waals surface area contributed by atoms with E-state index in [1.807, 2.05) is 0 Å². The van der Waals surface area contributed by atoms with Crippen LogP contribution in [0, 0.1) is 19.3 Å². The van der Waals surface area contributed by atoms with Gasteiger partial charge in [0.2, 0.25) is 0 Å². The summed E-state index contributed by atoms with van der Waals surface area (Å²) in [6, 6.07) is 4.36. The lowest BCUT2D eigenvalue weighted by Crippen LogP contribution is -2.42. The molecule has 0 saturated carbocycles. The highest BCUT2D eigenvalue weighted by Gasteiger charge is 2.28. The number of piperidine rings is 1. The quantitative estimate of drug-likeness (QED) is 0.852. The van der Waals surface area contributed by atoms with Gasteiger partial charge in [-0.3, -0.25) is 4.98 Å². The average molecular weight is 233 g/mol. The van der Waals surface area contributed by atoms with Crippen molar-refractivity contribution in [3.63, 3.8) is 0 Å². The van der Waals surface area contributed by atoms with E-state index in [-0.39, 0.29) is 0 Å². The zero-order chi connectivity index (χ0) is 12.5. The van der Waals surface area contributed by atoms with Gasteiger partial charge in [-0.15, -0.1) is 0 Å². The van der Waals surface area contributed by atoms with Crippen LogP contribution in [0.5, 0.6) is 0 Å². The fraction of sp³-hybridized carbons (Fsp3) is 0.643. The second-order valence-corrected chi connectivity index (χ2v) is 5.61. The van der Waals surface area contributed by atoms with Gasteiger partial charge < -0.3 is 10.6 Å². The second kappa shape index (κ2) is 4.65. The number of aryl methyl sites for hydroxylation is 2. The van der Waals surface area contributed by atoms with Crippen LogP contribution in [0.1, 0.15) is 31.2 Å². The number of aromatic nitrogens is 1. The molecule has 2 heterocycles. The van der Waals surface area contributed by atoms with Crippen LogP contribution >= 0.6 is 0 Å². The lowest BCUT2D eigenvalue weighted by Gasteiger charge is -2.39. The van der Waals surface area contributed by atoms with Gasteiger partial charge in [0, 0.05) is 30.2 Å². The summed E-state index contributed by atoms with van der Waals surface area (Å²) in [6.07, 6.45) is 2.37. The first-order chi connectivity index (χ1) is 8.02. The summed E-state index contributed by atoms with van der Waals surface area (Å²) >= 11 is 0. The topological polar surface area (TPSA) is 42.1 Å². The van der Waals surface area contributed by atoms with Crippen molar-refractivity contribution >= 4 is 5.69 Å². The molecule has 0 bridgehead atoms. The molecule has 1 aliphatic rings. The van der Waals surface area contributed by atoms with E-state index in [1.165, 1.54) is 18.5 Å². The smallest absolute Gasteiger partial charge is 0.0402 e. The van der Waals surface area contributed by atoms with Gasteiger partial charge in [0.15, 0.2) is 0 Å². The number of hydrogen-bond acceptors (Lipinski definition) is 3. The summed E-state index contributed by atoms with van der Waals surface area (Å²) < 4.78 is 0. The molecule has 0 radical (unpaired) electrons. The average Bonchev–Trinajstić information content (AvgIpc) is 2.29. The molecule has 0 spiro atoms. The van der Waals surface area contributed by atoms with E-state index in [0.717, 1.165) is 31.0 Å². The Hall–Kier alpha value is -1.09. The Kier molecular flexibility index (Phi) is 3.38. The van der Waals surface area contributed by atoms with Crippen LogP contribution in [0.15, 0.2) is 12.1 Å². The summed E-state index contributed by atoms with van der Waals surface area (Å²) in [5.74, 6) is 0. The van der Waals surface area contributed by atoms with Gasteiger partial charge in [0.25, 0.3) is 0 Å². The Morgan fingerprint density at radius 3 is 2.24 bits per heavy atom. The van der Waals surface area contributed by atoms with Crippen molar-refractivity contribution < 1.29 is 0 Å². The number of nitrogens with two attached hydrogens (primary N) is 1. The molecule has 2 rings (SSSR count). The summed E-state index contributed by atoms with van der Waals surface area (Å²) in [5, 5.41) is 0. The van der Waals surface area contributed by atoms with Crippen LogP contribution in [0.4, 0.5) is 5.69 Å². The molecule has 0 aliphatic carbocycles. The van der Waals surface area contributed by atoms with E-state index >= 15 is 0 Å². The molecular formula is C14H23N3. The molecule has 1 aliphatic heterocycles. The van der Waals surface area contributed by atoms with E-state index in [4.69, 9.17) is 5.73 Å². The standard InChI is InChI=1S/C14H23N3/c1-11-8-13(9-12(2)16-11)17-6-4-14(3,10-15)5-7-17/h8-9H,4-7,10,15H2,1-3H3. The van der Waals surface area contributed by atoms with Gasteiger partial charge in [0.05, 0.1) is 0 Å². The first-order valence-corrected chi connectivity index (χ1v) is 6.43. The van der Waals surface area contributed by atoms with Crippen LogP contribution < -0.4 is 10.6 Å². The van der Waals surface area contributed by atoms with Crippen molar-refractivity contribution in [1.82, 2.24) is 4.98 Å². The third-order valence-electron chi connectivity index (χ3n) is 3.89. The maximum Gasteiger partial charge on any atom is 0.0402 e. The van der Waals surface area contributed by atoms with E-state index < -0.39 is 0 Å². The van der Waals surface area contributed by atoms with E-state index in [2.05, 4.69) is 42.8 Å². The molecule has 3 nitrogen and oxygen atoms in total. The number of nitrogens with zero attached hydrogens (tertiary/aromatic N) is 2. The molecule has 2 N–H and O–H groups in total. The first-order valence-electron chi connectivity index (χ1n) is 6.43. The molecule has 0 unspecified atom stereocenters. The summed E-state index contributed by atoms with van der Waals surface area (Å²) in [5.41, 5.74) is 9.70. The highest BCUT2D eigenvalue weighted by atomic mass is 15.1. The number of rotatable bonds is 2. The van der Waals surface area contributed by atoms with Crippen molar-refractivity contribution in [3.8, 4) is 0 Å². The highest BCUT2D eigenvalue weighted by molar-refractivity contribution is 5.48. The van der Waals surface area contributed by atoms with Gasteiger partial charge in [-0.05, 0) is 50.8 Å². The Morgan fingerprint density at radius 1 is 1.24 bits per heavy atom. The van der Waals surface area contributed by atoms with Gasteiger partial charge in [0.1, 0.15) is 0 Å². The van der Waals surface area contributed by atoms with Crippen LogP contribution in [0.25, 0.3) is 0 Å². The monoisotopic (exact) mass is 233 g/mol. The maximum absolute atomic E-state index is 5.84. The third-order valence-corrected chi connectivity index (χ3v) is 3.89. The molecule has 1 aromatic heterocycles. The van der Waals surface area contributed by atoms with Crippen molar-refractivity contribution in [2.75, 3.05) is 24.5 Å². The van der Waals surface area contributed by atoms with Gasteiger partial charge in [-0.1, -0.05) is 6.92 Å². The summed E-state index contributed by atoms with van der Waals surface area (Å²) in [4.78, 5) is 6.88. The summed E-state index contributed by atoms with van der Waals surface area (Å²) in [7, 11) is 0. The zero-order valence-electron chi connectivity index (χ0n) is 11.2. The van der Waals surface area contributed by atoms with Crippen molar-refractivity contribution in [3.05, 3.63) is 23.5 Å². The Morgan fingerprint density at radius 2 is 1.76 bits per heavy atom. The lowest BCUT2D eigenvalue weighted by molar-refractivity contribution is 0.258. The molecule has 17 heavy (non-hydrogen) atoms. The molecule has 0 aromatic carbocycles. The van der Waals surface area contributed by atoms with Crippen molar-refractivity contribution in [1.29, 1.82) is 0 Å². The van der Waals surface area contributed by atoms with Gasteiger partial charge >= 0.3 is 0 Å². The fourth-order valence-corrected chi connectivity index (χ4v) is 2.50. The molecule has 0 amide bonds. The zero-order valence-corrected chi connectivity index (χ0v) is 11.2.